The Hall–Kier alpha value is -1.69. The van der Waals surface area contributed by atoms with Crippen molar-refractivity contribution in [3.63, 3.8) is 0 Å². The van der Waals surface area contributed by atoms with Gasteiger partial charge in [0, 0.05) is 11.1 Å². The van der Waals surface area contributed by atoms with E-state index in [9.17, 15) is 0 Å². The fraction of sp³-hybridized carbons (Fsp3) is 0.300. The number of hydrogen-bond donors (Lipinski definition) is 2. The summed E-state index contributed by atoms with van der Waals surface area (Å²) < 4.78 is 0. The second-order valence-electron chi connectivity index (χ2n) is 3.52. The number of nitrogens with two attached hydrogens (primary N) is 1. The van der Waals surface area contributed by atoms with E-state index in [2.05, 4.69) is 20.3 Å². The van der Waals surface area contributed by atoms with Crippen molar-refractivity contribution in [2.24, 2.45) is 0 Å². The molecule has 0 radical (unpaired) electrons. The van der Waals surface area contributed by atoms with Crippen LogP contribution < -0.4 is 11.1 Å². The Morgan fingerprint density at radius 3 is 2.94 bits per heavy atom. The number of nitrogens with one attached hydrogen (secondary N) is 1. The molecule has 2 heterocycles. The highest BCUT2D eigenvalue weighted by molar-refractivity contribution is 7.09. The summed E-state index contributed by atoms with van der Waals surface area (Å²) in [6.45, 7) is 4.01. The highest BCUT2D eigenvalue weighted by atomic mass is 32.1. The van der Waals surface area contributed by atoms with Gasteiger partial charge in [-0.2, -0.15) is 0 Å². The van der Waals surface area contributed by atoms with Gasteiger partial charge in [0.2, 0.25) is 0 Å². The normalized spacial score (nSPS) is 12.4. The molecule has 16 heavy (non-hydrogen) atoms. The summed E-state index contributed by atoms with van der Waals surface area (Å²) in [5.74, 6) is 0.648. The third kappa shape index (κ3) is 2.27. The number of aromatic nitrogens is 3. The predicted octanol–water partition coefficient (Wildman–Crippen LogP) is 2.00. The molecule has 2 aromatic heterocycles. The molecule has 1 atom stereocenters. The molecule has 3 N–H and O–H groups in total. The summed E-state index contributed by atoms with van der Waals surface area (Å²) in [7, 11) is 0. The molecule has 84 valence electrons. The summed E-state index contributed by atoms with van der Waals surface area (Å²) in [5, 5.41) is 6.26. The number of aryl methyl sites for hydroxylation is 1. The predicted molar refractivity (Wildman–Crippen MR) is 65.3 cm³/mol. The molecule has 0 saturated carbocycles. The van der Waals surface area contributed by atoms with Crippen LogP contribution in [-0.4, -0.2) is 15.0 Å². The van der Waals surface area contributed by atoms with Crippen LogP contribution in [0.1, 0.15) is 23.7 Å². The second-order valence-corrected chi connectivity index (χ2v) is 4.41. The molecular weight excluding hydrogens is 222 g/mol. The Balaban J connectivity index is 2.13. The van der Waals surface area contributed by atoms with Gasteiger partial charge in [0.15, 0.2) is 5.82 Å². The van der Waals surface area contributed by atoms with Crippen LogP contribution in [0.3, 0.4) is 0 Å². The fourth-order valence-corrected chi connectivity index (χ4v) is 2.10. The van der Waals surface area contributed by atoms with Crippen LogP contribution in [0.25, 0.3) is 0 Å². The van der Waals surface area contributed by atoms with Gasteiger partial charge in [0.25, 0.3) is 0 Å². The number of hydrogen-bond acceptors (Lipinski definition) is 6. The van der Waals surface area contributed by atoms with E-state index in [1.54, 1.807) is 17.5 Å². The van der Waals surface area contributed by atoms with Gasteiger partial charge in [-0.25, -0.2) is 15.0 Å². The number of nitrogen functional groups attached to an aromatic ring is 1. The minimum Gasteiger partial charge on any atom is -0.394 e. The molecule has 0 aliphatic rings. The lowest BCUT2D eigenvalue weighted by Gasteiger charge is -2.12. The summed E-state index contributed by atoms with van der Waals surface area (Å²) in [5.41, 5.74) is 7.32. The average Bonchev–Trinajstić information content (AvgIpc) is 2.68. The number of nitrogens with zero attached hydrogens (tertiary/aromatic N) is 3. The molecule has 0 saturated heterocycles. The fourth-order valence-electron chi connectivity index (χ4n) is 1.30. The highest BCUT2D eigenvalue weighted by Crippen LogP contribution is 2.23. The van der Waals surface area contributed by atoms with Crippen LogP contribution in [0.15, 0.2) is 17.9 Å². The lowest BCUT2D eigenvalue weighted by atomic mass is 10.3. The van der Waals surface area contributed by atoms with Crippen molar-refractivity contribution in [1.29, 1.82) is 0 Å². The molecule has 0 spiro atoms. The molecule has 0 aliphatic heterocycles. The number of anilines is 2. The van der Waals surface area contributed by atoms with E-state index in [0.29, 0.717) is 11.5 Å². The van der Waals surface area contributed by atoms with Crippen LogP contribution in [0, 0.1) is 6.92 Å². The first-order valence-corrected chi connectivity index (χ1v) is 5.79. The van der Waals surface area contributed by atoms with E-state index in [4.69, 9.17) is 5.73 Å². The van der Waals surface area contributed by atoms with Crippen LogP contribution in [0.4, 0.5) is 11.5 Å². The van der Waals surface area contributed by atoms with Gasteiger partial charge >= 0.3 is 0 Å². The van der Waals surface area contributed by atoms with Crippen LogP contribution in [0.2, 0.25) is 0 Å². The zero-order valence-corrected chi connectivity index (χ0v) is 9.95. The van der Waals surface area contributed by atoms with Crippen molar-refractivity contribution in [3.8, 4) is 0 Å². The smallest absolute Gasteiger partial charge is 0.153 e. The maximum absolute atomic E-state index is 5.75. The van der Waals surface area contributed by atoms with E-state index in [-0.39, 0.29) is 6.04 Å². The Bertz CT molecular complexity index is 482. The molecule has 1 unspecified atom stereocenters. The monoisotopic (exact) mass is 235 g/mol. The van der Waals surface area contributed by atoms with Gasteiger partial charge in [-0.15, -0.1) is 11.3 Å². The van der Waals surface area contributed by atoms with Crippen molar-refractivity contribution in [2.75, 3.05) is 11.1 Å². The van der Waals surface area contributed by atoms with E-state index in [1.807, 2.05) is 19.2 Å². The molecule has 0 amide bonds. The first-order valence-electron chi connectivity index (χ1n) is 4.91. The van der Waals surface area contributed by atoms with Crippen LogP contribution in [-0.2, 0) is 0 Å². The lowest BCUT2D eigenvalue weighted by molar-refractivity contribution is 0.854. The largest absolute Gasteiger partial charge is 0.394 e. The van der Waals surface area contributed by atoms with E-state index >= 15 is 0 Å². The molecule has 0 fully saturated rings. The highest BCUT2D eigenvalue weighted by Gasteiger charge is 2.11. The molecule has 0 aromatic carbocycles. The maximum Gasteiger partial charge on any atom is 0.153 e. The van der Waals surface area contributed by atoms with Crippen molar-refractivity contribution < 1.29 is 0 Å². The third-order valence-electron chi connectivity index (χ3n) is 2.10. The standard InChI is InChI=1S/C10H13N5S/c1-6-4-16-10(14-6)7(2)15-9-8(11)3-12-5-13-9/h3-5,7H,11H2,1-2H3,(H,12,13,15). The van der Waals surface area contributed by atoms with Crippen LogP contribution in [0.5, 0.6) is 0 Å². The molecular formula is C10H13N5S. The zero-order valence-electron chi connectivity index (χ0n) is 9.14. The number of rotatable bonds is 3. The minimum atomic E-state index is 0.0934. The van der Waals surface area contributed by atoms with Crippen molar-refractivity contribution >= 4 is 22.8 Å². The second kappa shape index (κ2) is 4.44. The van der Waals surface area contributed by atoms with Crippen LogP contribution >= 0.6 is 11.3 Å². The molecule has 5 nitrogen and oxygen atoms in total. The van der Waals surface area contributed by atoms with Gasteiger partial charge < -0.3 is 11.1 Å². The van der Waals surface area contributed by atoms with Gasteiger partial charge in [0.1, 0.15) is 11.3 Å². The van der Waals surface area contributed by atoms with Crippen molar-refractivity contribution in [3.05, 3.63) is 28.6 Å². The average molecular weight is 235 g/mol. The zero-order chi connectivity index (χ0) is 11.5. The Labute approximate surface area is 97.8 Å². The first kappa shape index (κ1) is 10.8. The molecule has 0 aliphatic carbocycles. The number of thiazole rings is 1. The lowest BCUT2D eigenvalue weighted by Crippen LogP contribution is -2.09. The topological polar surface area (TPSA) is 76.7 Å². The van der Waals surface area contributed by atoms with Gasteiger partial charge in [-0.1, -0.05) is 0 Å². The first-order chi connectivity index (χ1) is 7.66. The molecule has 2 aromatic rings. The SMILES string of the molecule is Cc1csc(C(C)Nc2ncncc2N)n1. The van der Waals surface area contributed by atoms with Crippen molar-refractivity contribution in [1.82, 2.24) is 15.0 Å². The van der Waals surface area contributed by atoms with Gasteiger partial charge in [0.05, 0.1) is 17.9 Å². The Kier molecular flexibility index (Phi) is 3.00. The summed E-state index contributed by atoms with van der Waals surface area (Å²) in [6.07, 6.45) is 3.05. The molecule has 0 bridgehead atoms. The Morgan fingerprint density at radius 1 is 1.50 bits per heavy atom. The van der Waals surface area contributed by atoms with Gasteiger partial charge in [-0.3, -0.25) is 0 Å². The van der Waals surface area contributed by atoms with E-state index in [1.165, 1.54) is 6.33 Å². The Morgan fingerprint density at radius 2 is 2.31 bits per heavy atom. The minimum absolute atomic E-state index is 0.0934. The molecule has 2 rings (SSSR count). The molecule has 6 heteroatoms. The maximum atomic E-state index is 5.75. The third-order valence-corrected chi connectivity index (χ3v) is 3.25. The summed E-state index contributed by atoms with van der Waals surface area (Å²) >= 11 is 1.62. The summed E-state index contributed by atoms with van der Waals surface area (Å²) in [6, 6.07) is 0.0934. The van der Waals surface area contributed by atoms with Crippen molar-refractivity contribution in [2.45, 2.75) is 19.9 Å². The quantitative estimate of drug-likeness (QED) is 0.850. The summed E-state index contributed by atoms with van der Waals surface area (Å²) in [4.78, 5) is 12.3. The van der Waals surface area contributed by atoms with E-state index in [0.717, 1.165) is 10.7 Å². The van der Waals surface area contributed by atoms with E-state index < -0.39 is 0 Å². The van der Waals surface area contributed by atoms with Gasteiger partial charge in [-0.05, 0) is 13.8 Å².